The molecular weight excluding hydrogens is 358 g/mol. The maximum Gasteiger partial charge on any atom is 0.340 e. The van der Waals surface area contributed by atoms with Gasteiger partial charge in [0.1, 0.15) is 5.76 Å². The molecule has 138 valence electrons. The summed E-state index contributed by atoms with van der Waals surface area (Å²) in [5.41, 5.74) is 1.09. The van der Waals surface area contributed by atoms with E-state index in [2.05, 4.69) is 15.8 Å². The molecule has 0 bridgehead atoms. The number of hydrogen-bond donors (Lipinski definition) is 2. The van der Waals surface area contributed by atoms with Crippen molar-refractivity contribution >= 4 is 29.7 Å². The monoisotopic (exact) mass is 377 g/mol. The number of rotatable bonds is 6. The van der Waals surface area contributed by atoms with Crippen LogP contribution in [0, 0.1) is 6.92 Å². The van der Waals surface area contributed by atoms with E-state index < -0.39 is 24.0 Å². The Hall–Kier alpha value is -2.81. The minimum atomic E-state index is -1.11. The summed E-state index contributed by atoms with van der Waals surface area (Å²) in [5.74, 6) is -0.122. The summed E-state index contributed by atoms with van der Waals surface area (Å²) in [7, 11) is 1.38. The van der Waals surface area contributed by atoms with Crippen molar-refractivity contribution in [2.45, 2.75) is 30.6 Å². The van der Waals surface area contributed by atoms with Crippen LogP contribution in [0.25, 0.3) is 0 Å². The molecule has 0 fully saturated rings. The topological polar surface area (TPSA) is 111 Å². The molecular formula is C17H19N3O5S. The first-order valence-electron chi connectivity index (χ1n) is 7.78. The molecule has 2 N–H and O–H groups in total. The number of aryl methyl sites for hydroxylation is 1. The van der Waals surface area contributed by atoms with Crippen molar-refractivity contribution in [2.75, 3.05) is 7.05 Å². The molecule has 9 heteroatoms. The average Bonchev–Trinajstić information content (AvgIpc) is 3.05. The lowest BCUT2D eigenvalue weighted by Crippen LogP contribution is -2.43. The van der Waals surface area contributed by atoms with Crippen LogP contribution in [0.4, 0.5) is 4.79 Å². The van der Waals surface area contributed by atoms with Crippen LogP contribution in [0.1, 0.15) is 28.7 Å². The van der Waals surface area contributed by atoms with Crippen molar-refractivity contribution in [1.82, 2.24) is 15.8 Å². The fourth-order valence-electron chi connectivity index (χ4n) is 1.95. The van der Waals surface area contributed by atoms with E-state index in [-0.39, 0.29) is 0 Å². The molecule has 2 aromatic rings. The number of hydrogen-bond acceptors (Lipinski definition) is 7. The molecule has 1 aromatic heterocycles. The number of thioether (sulfide) groups is 1. The van der Waals surface area contributed by atoms with Crippen LogP contribution < -0.4 is 10.6 Å². The van der Waals surface area contributed by atoms with Crippen LogP contribution in [0.2, 0.25) is 0 Å². The Bertz CT molecular complexity index is 805. The SMILES string of the molecule is CNC(=O)NC(=O)[C@@H](C)OC(=O)c1ccccc1SCc1cc(C)on1. The largest absolute Gasteiger partial charge is 0.449 e. The van der Waals surface area contributed by atoms with Gasteiger partial charge in [-0.15, -0.1) is 11.8 Å². The molecule has 3 amide bonds. The van der Waals surface area contributed by atoms with Gasteiger partial charge in [-0.3, -0.25) is 10.1 Å². The van der Waals surface area contributed by atoms with Crippen molar-refractivity contribution in [3.8, 4) is 0 Å². The highest BCUT2D eigenvalue weighted by atomic mass is 32.2. The molecule has 8 nitrogen and oxygen atoms in total. The second kappa shape index (κ2) is 9.04. The van der Waals surface area contributed by atoms with Crippen LogP contribution in [-0.2, 0) is 15.3 Å². The summed E-state index contributed by atoms with van der Waals surface area (Å²) in [4.78, 5) is 36.1. The molecule has 1 heterocycles. The van der Waals surface area contributed by atoms with Gasteiger partial charge >= 0.3 is 12.0 Å². The number of urea groups is 1. The van der Waals surface area contributed by atoms with Crippen LogP contribution in [0.3, 0.4) is 0 Å². The number of amides is 3. The summed E-state index contributed by atoms with van der Waals surface area (Å²) >= 11 is 1.40. The van der Waals surface area contributed by atoms with E-state index in [9.17, 15) is 14.4 Å². The zero-order chi connectivity index (χ0) is 19.1. The Kier molecular flexibility index (Phi) is 6.79. The molecule has 2 rings (SSSR count). The lowest BCUT2D eigenvalue weighted by atomic mass is 10.2. The third kappa shape index (κ3) is 5.35. The number of carbonyl (C=O) groups is 3. The van der Waals surface area contributed by atoms with E-state index in [4.69, 9.17) is 9.26 Å². The molecule has 0 radical (unpaired) electrons. The quantitative estimate of drug-likeness (QED) is 0.587. The van der Waals surface area contributed by atoms with Gasteiger partial charge in [0.05, 0.1) is 11.3 Å². The smallest absolute Gasteiger partial charge is 0.340 e. The Balaban J connectivity index is 2.02. The van der Waals surface area contributed by atoms with E-state index >= 15 is 0 Å². The van der Waals surface area contributed by atoms with Gasteiger partial charge in [-0.1, -0.05) is 17.3 Å². The first-order chi connectivity index (χ1) is 12.4. The Morgan fingerprint density at radius 1 is 1.31 bits per heavy atom. The molecule has 1 atom stereocenters. The van der Waals surface area contributed by atoms with Gasteiger partial charge in [-0.05, 0) is 26.0 Å². The summed E-state index contributed by atoms with van der Waals surface area (Å²) in [6, 6.07) is 8.05. The van der Waals surface area contributed by atoms with Crippen LogP contribution in [0.5, 0.6) is 0 Å². The number of carbonyl (C=O) groups excluding carboxylic acids is 3. The van der Waals surface area contributed by atoms with Crippen LogP contribution in [0.15, 0.2) is 39.8 Å². The second-order valence-corrected chi connectivity index (χ2v) is 6.35. The summed E-state index contributed by atoms with van der Waals surface area (Å²) in [5, 5.41) is 8.22. The van der Waals surface area contributed by atoms with Gasteiger partial charge in [0.25, 0.3) is 5.91 Å². The molecule has 0 saturated carbocycles. The normalized spacial score (nSPS) is 11.5. The number of ether oxygens (including phenoxy) is 1. The van der Waals surface area contributed by atoms with Crippen molar-refractivity contribution in [3.05, 3.63) is 47.3 Å². The maximum atomic E-state index is 12.4. The third-order valence-electron chi connectivity index (χ3n) is 3.28. The minimum Gasteiger partial charge on any atom is -0.449 e. The van der Waals surface area contributed by atoms with Crippen molar-refractivity contribution < 1.29 is 23.6 Å². The van der Waals surface area contributed by atoms with Gasteiger partial charge in [0.15, 0.2) is 6.10 Å². The molecule has 1 aromatic carbocycles. The maximum absolute atomic E-state index is 12.4. The summed E-state index contributed by atoms with van der Waals surface area (Å²) in [6.45, 7) is 3.20. The van der Waals surface area contributed by atoms with Gasteiger partial charge in [-0.2, -0.15) is 0 Å². The average molecular weight is 377 g/mol. The standard InChI is InChI=1S/C17H19N3O5S/c1-10-8-12(20-25-10)9-26-14-7-5-4-6-13(14)16(22)24-11(2)15(21)19-17(23)18-3/h4-8,11H,9H2,1-3H3,(H2,18,19,21,23)/t11-/m1/s1. The Morgan fingerprint density at radius 2 is 2.04 bits per heavy atom. The van der Waals surface area contributed by atoms with E-state index in [1.807, 2.05) is 6.07 Å². The molecule has 26 heavy (non-hydrogen) atoms. The summed E-state index contributed by atoms with van der Waals surface area (Å²) < 4.78 is 10.2. The van der Waals surface area contributed by atoms with Crippen LogP contribution >= 0.6 is 11.8 Å². The summed E-state index contributed by atoms with van der Waals surface area (Å²) in [6.07, 6.45) is -1.11. The highest BCUT2D eigenvalue weighted by Crippen LogP contribution is 2.27. The minimum absolute atomic E-state index is 0.331. The van der Waals surface area contributed by atoms with E-state index in [1.54, 1.807) is 31.2 Å². The zero-order valence-corrected chi connectivity index (χ0v) is 15.4. The lowest BCUT2D eigenvalue weighted by Gasteiger charge is -2.14. The molecule has 0 saturated heterocycles. The second-order valence-electron chi connectivity index (χ2n) is 5.33. The zero-order valence-electron chi connectivity index (χ0n) is 14.6. The Labute approximate surface area is 154 Å². The van der Waals surface area contributed by atoms with Gasteiger partial charge in [0.2, 0.25) is 0 Å². The van der Waals surface area contributed by atoms with Crippen LogP contribution in [-0.4, -0.2) is 36.2 Å². The molecule has 0 aliphatic carbocycles. The number of benzene rings is 1. The molecule has 0 spiro atoms. The molecule has 0 aliphatic heterocycles. The number of imide groups is 1. The van der Waals surface area contributed by atoms with E-state index in [1.165, 1.54) is 25.7 Å². The molecule has 0 unspecified atom stereocenters. The number of aromatic nitrogens is 1. The Morgan fingerprint density at radius 3 is 2.69 bits per heavy atom. The molecule has 0 aliphatic rings. The highest BCUT2D eigenvalue weighted by molar-refractivity contribution is 7.98. The predicted octanol–water partition coefficient (Wildman–Crippen LogP) is 2.28. The predicted molar refractivity (Wildman–Crippen MR) is 94.7 cm³/mol. The van der Waals surface area contributed by atoms with Crippen molar-refractivity contribution in [2.24, 2.45) is 0 Å². The highest BCUT2D eigenvalue weighted by Gasteiger charge is 2.22. The lowest BCUT2D eigenvalue weighted by molar-refractivity contribution is -0.127. The van der Waals surface area contributed by atoms with Crippen molar-refractivity contribution in [1.29, 1.82) is 0 Å². The number of nitrogens with one attached hydrogen (secondary N) is 2. The van der Waals surface area contributed by atoms with Gasteiger partial charge in [0, 0.05) is 23.8 Å². The fourth-order valence-corrected chi connectivity index (χ4v) is 2.87. The van der Waals surface area contributed by atoms with Gasteiger partial charge in [-0.25, -0.2) is 9.59 Å². The fraction of sp³-hybridized carbons (Fsp3) is 0.294. The third-order valence-corrected chi connectivity index (χ3v) is 4.38. The number of nitrogens with zero attached hydrogens (tertiary/aromatic N) is 1. The first kappa shape index (κ1) is 19.5. The number of esters is 1. The van der Waals surface area contributed by atoms with E-state index in [0.29, 0.717) is 22.0 Å². The van der Waals surface area contributed by atoms with E-state index in [0.717, 1.165) is 5.69 Å². The van der Waals surface area contributed by atoms with Crippen molar-refractivity contribution in [3.63, 3.8) is 0 Å². The first-order valence-corrected chi connectivity index (χ1v) is 8.77. The van der Waals surface area contributed by atoms with Gasteiger partial charge < -0.3 is 14.6 Å².